The molecule has 0 radical (unpaired) electrons. The summed E-state index contributed by atoms with van der Waals surface area (Å²) in [6.45, 7) is 2.75. The molecule has 2 N–H and O–H groups in total. The van der Waals surface area contributed by atoms with Crippen LogP contribution in [0.4, 0.5) is 5.69 Å². The zero-order valence-corrected chi connectivity index (χ0v) is 13.2. The molecule has 0 aliphatic carbocycles. The van der Waals surface area contributed by atoms with Crippen molar-refractivity contribution in [3.63, 3.8) is 0 Å². The lowest BCUT2D eigenvalue weighted by Gasteiger charge is -2.11. The Labute approximate surface area is 131 Å². The second kappa shape index (κ2) is 5.74. The topological polar surface area (TPSA) is 45.1 Å². The third-order valence-electron chi connectivity index (χ3n) is 3.47. The summed E-state index contributed by atoms with van der Waals surface area (Å²) in [5.41, 5.74) is 4.35. The number of hydrogen-bond acceptors (Lipinski definition) is 3. The summed E-state index contributed by atoms with van der Waals surface area (Å²) in [5.74, 6) is 0.253. The van der Waals surface area contributed by atoms with Crippen molar-refractivity contribution in [1.82, 2.24) is 4.98 Å². The highest BCUT2D eigenvalue weighted by Gasteiger charge is 2.05. The zero-order chi connectivity index (χ0) is 14.8. The highest BCUT2D eigenvalue weighted by atomic mass is 79.9. The lowest BCUT2D eigenvalue weighted by atomic mass is 10.1. The summed E-state index contributed by atoms with van der Waals surface area (Å²) in [6, 6.07) is 13.7. The molecule has 1 heterocycles. The van der Waals surface area contributed by atoms with Crippen LogP contribution >= 0.6 is 15.9 Å². The molecule has 0 bridgehead atoms. The number of nitrogens with zero attached hydrogens (tertiary/aromatic N) is 1. The van der Waals surface area contributed by atoms with E-state index in [9.17, 15) is 5.11 Å². The van der Waals surface area contributed by atoms with Crippen LogP contribution in [0.2, 0.25) is 0 Å². The minimum atomic E-state index is 0.253. The summed E-state index contributed by atoms with van der Waals surface area (Å²) in [5, 5.41) is 14.1. The van der Waals surface area contributed by atoms with Gasteiger partial charge in [0, 0.05) is 23.8 Å². The van der Waals surface area contributed by atoms with Crippen molar-refractivity contribution in [2.45, 2.75) is 13.5 Å². The number of fused-ring (bicyclic) bond motifs is 1. The van der Waals surface area contributed by atoms with Gasteiger partial charge in [0.15, 0.2) is 0 Å². The largest absolute Gasteiger partial charge is 0.507 e. The molecule has 1 aromatic heterocycles. The molecular weight excluding hydrogens is 328 g/mol. The van der Waals surface area contributed by atoms with E-state index in [4.69, 9.17) is 0 Å². The van der Waals surface area contributed by atoms with Crippen molar-refractivity contribution >= 4 is 32.5 Å². The molecule has 0 fully saturated rings. The summed E-state index contributed by atoms with van der Waals surface area (Å²) in [6.07, 6.45) is 1.82. The lowest BCUT2D eigenvalue weighted by Crippen LogP contribution is -2.00. The van der Waals surface area contributed by atoms with Crippen LogP contribution in [0.5, 0.6) is 5.75 Å². The van der Waals surface area contributed by atoms with Crippen LogP contribution in [-0.4, -0.2) is 10.1 Å². The number of aromatic nitrogens is 1. The van der Waals surface area contributed by atoms with Gasteiger partial charge in [-0.25, -0.2) is 0 Å². The minimum Gasteiger partial charge on any atom is -0.507 e. The molecule has 0 aliphatic heterocycles. The molecule has 106 valence electrons. The molecule has 0 saturated carbocycles. The Kier molecular flexibility index (Phi) is 3.80. The van der Waals surface area contributed by atoms with E-state index >= 15 is 0 Å². The van der Waals surface area contributed by atoms with Gasteiger partial charge in [-0.15, -0.1) is 0 Å². The standard InChI is InChI=1S/C17H15BrN2O/c1-11-4-6-15(13-3-2-8-19-17(11)13)20-10-12-5-7-16(21)14(18)9-12/h2-9,20-21H,10H2,1H3. The van der Waals surface area contributed by atoms with Crippen LogP contribution in [0.1, 0.15) is 11.1 Å². The molecule has 0 aliphatic rings. The van der Waals surface area contributed by atoms with Gasteiger partial charge in [0.05, 0.1) is 9.99 Å². The van der Waals surface area contributed by atoms with E-state index in [0.29, 0.717) is 11.0 Å². The lowest BCUT2D eigenvalue weighted by molar-refractivity contribution is 0.471. The molecule has 0 atom stereocenters. The highest BCUT2D eigenvalue weighted by molar-refractivity contribution is 9.10. The first kappa shape index (κ1) is 13.9. The highest BCUT2D eigenvalue weighted by Crippen LogP contribution is 2.27. The van der Waals surface area contributed by atoms with Crippen molar-refractivity contribution in [2.75, 3.05) is 5.32 Å². The molecule has 0 saturated heterocycles. The average molecular weight is 343 g/mol. The van der Waals surface area contributed by atoms with Gasteiger partial charge in [-0.1, -0.05) is 12.1 Å². The smallest absolute Gasteiger partial charge is 0.129 e. The number of nitrogens with one attached hydrogen (secondary N) is 1. The number of halogens is 1. The maximum Gasteiger partial charge on any atom is 0.129 e. The number of phenolic OH excluding ortho intramolecular Hbond substituents is 1. The Morgan fingerprint density at radius 2 is 2.05 bits per heavy atom. The fraction of sp³-hybridized carbons (Fsp3) is 0.118. The number of aromatic hydroxyl groups is 1. The van der Waals surface area contributed by atoms with Gasteiger partial charge in [0.2, 0.25) is 0 Å². The fourth-order valence-corrected chi connectivity index (χ4v) is 2.75. The predicted octanol–water partition coefficient (Wildman–Crippen LogP) is 4.62. The van der Waals surface area contributed by atoms with Crippen molar-refractivity contribution in [3.8, 4) is 5.75 Å². The maximum atomic E-state index is 9.53. The predicted molar refractivity (Wildman–Crippen MR) is 89.6 cm³/mol. The van der Waals surface area contributed by atoms with Crippen LogP contribution in [0.15, 0.2) is 53.1 Å². The molecule has 0 amide bonds. The van der Waals surface area contributed by atoms with Gasteiger partial charge in [0.1, 0.15) is 5.75 Å². The average Bonchev–Trinajstić information content (AvgIpc) is 2.50. The van der Waals surface area contributed by atoms with Crippen molar-refractivity contribution < 1.29 is 5.11 Å². The van der Waals surface area contributed by atoms with Gasteiger partial charge in [-0.05, 0) is 64.3 Å². The van der Waals surface area contributed by atoms with Crippen molar-refractivity contribution in [2.24, 2.45) is 0 Å². The summed E-state index contributed by atoms with van der Waals surface area (Å²) < 4.78 is 0.706. The first-order chi connectivity index (χ1) is 10.1. The molecule has 2 aromatic carbocycles. The number of hydrogen-bond donors (Lipinski definition) is 2. The van der Waals surface area contributed by atoms with Crippen LogP contribution < -0.4 is 5.32 Å². The van der Waals surface area contributed by atoms with E-state index in [1.165, 1.54) is 5.56 Å². The Hall–Kier alpha value is -2.07. The van der Waals surface area contributed by atoms with Gasteiger partial charge in [-0.3, -0.25) is 4.98 Å². The Morgan fingerprint density at radius 3 is 2.86 bits per heavy atom. The Bertz CT molecular complexity index is 802. The van der Waals surface area contributed by atoms with E-state index in [0.717, 1.165) is 22.2 Å². The Morgan fingerprint density at radius 1 is 1.19 bits per heavy atom. The molecule has 3 aromatic rings. The molecule has 3 nitrogen and oxygen atoms in total. The van der Waals surface area contributed by atoms with Crippen LogP contribution in [0.25, 0.3) is 10.9 Å². The fourth-order valence-electron chi connectivity index (χ4n) is 2.33. The molecule has 0 unspecified atom stereocenters. The van der Waals surface area contributed by atoms with E-state index in [2.05, 4.69) is 51.4 Å². The summed E-state index contributed by atoms with van der Waals surface area (Å²) in [7, 11) is 0. The zero-order valence-electron chi connectivity index (χ0n) is 11.6. The third-order valence-corrected chi connectivity index (χ3v) is 4.10. The molecule has 0 spiro atoms. The second-order valence-electron chi connectivity index (χ2n) is 4.97. The Balaban J connectivity index is 1.88. The summed E-state index contributed by atoms with van der Waals surface area (Å²) >= 11 is 3.33. The quantitative estimate of drug-likeness (QED) is 0.729. The first-order valence-electron chi connectivity index (χ1n) is 6.71. The normalized spacial score (nSPS) is 10.8. The van der Waals surface area contributed by atoms with Crippen molar-refractivity contribution in [3.05, 3.63) is 64.3 Å². The third kappa shape index (κ3) is 2.85. The van der Waals surface area contributed by atoms with E-state index in [1.807, 2.05) is 24.4 Å². The van der Waals surface area contributed by atoms with Gasteiger partial charge >= 0.3 is 0 Å². The first-order valence-corrected chi connectivity index (χ1v) is 7.50. The minimum absolute atomic E-state index is 0.253. The van der Waals surface area contributed by atoms with Crippen LogP contribution in [0.3, 0.4) is 0 Å². The van der Waals surface area contributed by atoms with E-state index in [1.54, 1.807) is 6.07 Å². The van der Waals surface area contributed by atoms with Gasteiger partial charge in [0.25, 0.3) is 0 Å². The van der Waals surface area contributed by atoms with E-state index in [-0.39, 0.29) is 5.75 Å². The number of anilines is 1. The molecule has 21 heavy (non-hydrogen) atoms. The van der Waals surface area contributed by atoms with Gasteiger partial charge < -0.3 is 10.4 Å². The number of phenols is 1. The number of rotatable bonds is 3. The summed E-state index contributed by atoms with van der Waals surface area (Å²) in [4.78, 5) is 4.44. The van der Waals surface area contributed by atoms with Crippen LogP contribution in [-0.2, 0) is 6.54 Å². The number of aryl methyl sites for hydroxylation is 1. The number of benzene rings is 2. The maximum absolute atomic E-state index is 9.53. The molecular formula is C17H15BrN2O. The SMILES string of the molecule is Cc1ccc(NCc2ccc(O)c(Br)c2)c2cccnc12. The second-order valence-corrected chi connectivity index (χ2v) is 5.82. The molecule has 4 heteroatoms. The van der Waals surface area contributed by atoms with E-state index < -0.39 is 0 Å². The monoisotopic (exact) mass is 342 g/mol. The van der Waals surface area contributed by atoms with Crippen molar-refractivity contribution in [1.29, 1.82) is 0 Å². The van der Waals surface area contributed by atoms with Gasteiger partial charge in [-0.2, -0.15) is 0 Å². The number of pyridine rings is 1. The van der Waals surface area contributed by atoms with Crippen LogP contribution in [0, 0.1) is 6.92 Å². The molecule has 3 rings (SSSR count).